The lowest BCUT2D eigenvalue weighted by atomic mass is 9.92. The Morgan fingerprint density at radius 3 is 0.319 bits per heavy atom. The first-order valence-corrected chi connectivity index (χ1v) is 60.7. The fraction of sp³-hybridized carbons (Fsp3) is 0.918. The molecule has 0 amide bonds. The van der Waals surface area contributed by atoms with Gasteiger partial charge < -0.3 is 37.9 Å². The van der Waals surface area contributed by atoms with Crippen LogP contribution in [0.25, 0.3) is 0 Å². The summed E-state index contributed by atoms with van der Waals surface area (Å²) in [6.45, 7) is 10.2. The molecule has 0 saturated heterocycles. The number of carbonyl (C=O) groups excluding carboxylic acids is 8. The third-order valence-electron chi connectivity index (χ3n) is 28.5. The van der Waals surface area contributed by atoms with Crippen LogP contribution in [0.5, 0.6) is 0 Å². The average molecular weight is 1950 g/mol. The Balaban J connectivity index is 7.04. The lowest BCUT2D eigenvalue weighted by Crippen LogP contribution is -2.44. The maximum Gasteiger partial charge on any atom is 0.331 e. The van der Waals surface area contributed by atoms with E-state index in [0.717, 1.165) is 128 Å². The van der Waals surface area contributed by atoms with Gasteiger partial charge in [0.2, 0.25) is 0 Å². The third-order valence-corrected chi connectivity index (χ3v) is 28.5. The first-order chi connectivity index (χ1) is 67.7. The van der Waals surface area contributed by atoms with Crippen LogP contribution in [0.15, 0.2) is 12.2 Å². The van der Waals surface area contributed by atoms with E-state index in [1.54, 1.807) is 0 Å². The van der Waals surface area contributed by atoms with Gasteiger partial charge in [-0.3, -0.25) is 28.8 Å². The van der Waals surface area contributed by atoms with E-state index in [1.165, 1.54) is 424 Å². The van der Waals surface area contributed by atoms with Gasteiger partial charge in [0, 0.05) is 50.7 Å². The molecule has 0 aromatic rings. The highest BCUT2D eigenvalue weighted by molar-refractivity contribution is 5.91. The Labute approximate surface area is 852 Å². The molecule has 0 bridgehead atoms. The van der Waals surface area contributed by atoms with Crippen LogP contribution >= 0.6 is 0 Å². The summed E-state index contributed by atoms with van der Waals surface area (Å²) in [6, 6.07) is 0. The fourth-order valence-electron chi connectivity index (χ4n) is 18.9. The first kappa shape index (κ1) is 134. The van der Waals surface area contributed by atoms with Crippen molar-refractivity contribution in [2.24, 2.45) is 10.8 Å². The second-order valence-corrected chi connectivity index (χ2v) is 42.7. The summed E-state index contributed by atoms with van der Waals surface area (Å²) in [5.41, 5.74) is -3.05. The quantitative estimate of drug-likeness (QED) is 0.0240. The Morgan fingerprint density at radius 2 is 0.217 bits per heavy atom. The molecular formula is C122H228O16. The molecule has 16 nitrogen and oxygen atoms in total. The Morgan fingerprint density at radius 1 is 0.130 bits per heavy atom. The summed E-state index contributed by atoms with van der Waals surface area (Å²) in [4.78, 5) is 111. The molecule has 0 aromatic carbocycles. The van der Waals surface area contributed by atoms with Crippen molar-refractivity contribution in [3.05, 3.63) is 12.2 Å². The average Bonchev–Trinajstić information content (AvgIpc) is 0.854. The molecule has 138 heavy (non-hydrogen) atoms. The van der Waals surface area contributed by atoms with Gasteiger partial charge in [0.1, 0.15) is 63.7 Å². The summed E-state index contributed by atoms with van der Waals surface area (Å²) < 4.78 is 48.3. The fourth-order valence-corrected chi connectivity index (χ4v) is 18.9. The summed E-state index contributed by atoms with van der Waals surface area (Å²) in [7, 11) is 0. The normalized spacial score (nSPS) is 11.7. The number of unbranched alkanes of at least 4 members (excludes halogenated alkanes) is 84. The molecule has 0 saturated carbocycles. The molecule has 0 N–H and O–H groups in total. The molecule has 0 aliphatic heterocycles. The number of ether oxygens (including phenoxy) is 8. The Hall–Kier alpha value is -4.50. The van der Waals surface area contributed by atoms with Crippen LogP contribution in [-0.2, 0) is 76.3 Å². The van der Waals surface area contributed by atoms with E-state index in [2.05, 4.69) is 41.5 Å². The molecule has 0 heterocycles. The number of rotatable bonds is 114. The maximum atomic E-state index is 14.2. The smallest absolute Gasteiger partial charge is 0.331 e. The second kappa shape index (κ2) is 108. The lowest BCUT2D eigenvalue weighted by molar-refractivity contribution is -0.173. The van der Waals surface area contributed by atoms with Gasteiger partial charge in [-0.05, 0) is 38.5 Å². The van der Waals surface area contributed by atoms with Crippen LogP contribution in [0, 0.1) is 10.8 Å². The molecule has 0 aromatic heterocycles. The molecule has 16 heteroatoms. The summed E-state index contributed by atoms with van der Waals surface area (Å²) in [6.07, 6.45) is 110. The Kier molecular flexibility index (Phi) is 105. The predicted molar refractivity (Wildman–Crippen MR) is 579 cm³/mol. The zero-order chi connectivity index (χ0) is 100. The third kappa shape index (κ3) is 98.9. The van der Waals surface area contributed by atoms with Crippen molar-refractivity contribution in [1.29, 1.82) is 0 Å². The standard InChI is InChI=1S/C122H228O16/c1-7-13-19-25-31-37-43-49-55-61-67-73-79-85-91-97-113(123)131-105-121(106-132-114(124)98-92-86-80-74-68-62-56-50-44-38-32-26-20-14-8-2,107-133-115(125)99-93-87-81-75-69-63-57-51-45-39-33-27-21-15-9-3)111-137-119(129)103-104-120(130)138-112-122(108-134-116(126)100-94-88-82-76-70-64-58-52-46-40-34-28-22-16-10-4,109-135-117(127)101-95-89-83-77-71-65-59-53-47-41-35-29-23-17-11-5)110-136-118(128)102-96-90-84-78-72-66-60-54-48-42-36-30-24-18-12-6/h103-104H,7-102,105-112H2,1-6H3/b104-103+. The van der Waals surface area contributed by atoms with Crippen LogP contribution < -0.4 is 0 Å². The van der Waals surface area contributed by atoms with Crippen molar-refractivity contribution in [2.75, 3.05) is 52.9 Å². The monoisotopic (exact) mass is 1950 g/mol. The minimum Gasteiger partial charge on any atom is -0.465 e. The van der Waals surface area contributed by atoms with Crippen LogP contribution in [0.1, 0.15) is 658 Å². The molecule has 0 atom stereocenters. The molecule has 0 aliphatic carbocycles. The lowest BCUT2D eigenvalue weighted by Gasteiger charge is -2.31. The summed E-state index contributed by atoms with van der Waals surface area (Å²) >= 11 is 0. The van der Waals surface area contributed by atoms with Gasteiger partial charge in [0.25, 0.3) is 0 Å². The van der Waals surface area contributed by atoms with Gasteiger partial charge >= 0.3 is 47.8 Å². The van der Waals surface area contributed by atoms with Gasteiger partial charge in [0.15, 0.2) is 0 Å². The molecule has 0 aliphatic rings. The highest BCUT2D eigenvalue weighted by Crippen LogP contribution is 2.29. The minimum absolute atomic E-state index is 0.157. The molecule has 812 valence electrons. The van der Waals surface area contributed by atoms with Crippen molar-refractivity contribution in [1.82, 2.24) is 0 Å². The largest absolute Gasteiger partial charge is 0.465 e. The molecule has 0 radical (unpaired) electrons. The SMILES string of the molecule is CCCCCCCCCCCCCCCCCC(=O)OCC(COC(=O)/C=C/C(=O)OCC(COC(=O)CCCCCCCCCCCCCCCCC)(COC(=O)CCCCCCCCCCCCCCCCC)COC(=O)CCCCCCCCCCCCCCCCC)(COC(=O)CCCCCCCCCCCCCCCCC)COC(=O)CCCCCCCCCCCCCCCCC. The zero-order valence-corrected chi connectivity index (χ0v) is 92.2. The number of hydrogen-bond donors (Lipinski definition) is 0. The number of hydrogen-bond acceptors (Lipinski definition) is 16. The zero-order valence-electron chi connectivity index (χ0n) is 92.2. The molecule has 0 rings (SSSR count). The van der Waals surface area contributed by atoms with E-state index in [0.29, 0.717) is 38.5 Å². The van der Waals surface area contributed by atoms with Gasteiger partial charge in [-0.1, -0.05) is 581 Å². The van der Waals surface area contributed by atoms with Gasteiger partial charge in [0.05, 0.1) is 0 Å². The number of esters is 8. The van der Waals surface area contributed by atoms with E-state index >= 15 is 0 Å². The van der Waals surface area contributed by atoms with E-state index in [9.17, 15) is 38.4 Å². The van der Waals surface area contributed by atoms with Gasteiger partial charge in [-0.15, -0.1) is 0 Å². The number of carbonyl (C=O) groups is 8. The highest BCUT2D eigenvalue weighted by Gasteiger charge is 2.40. The van der Waals surface area contributed by atoms with Crippen molar-refractivity contribution in [2.45, 2.75) is 658 Å². The minimum atomic E-state index is -1.53. The predicted octanol–water partition coefficient (Wildman–Crippen LogP) is 37.4. The molecule has 0 spiro atoms. The van der Waals surface area contributed by atoms with Crippen molar-refractivity contribution >= 4 is 47.8 Å². The first-order valence-electron chi connectivity index (χ1n) is 60.7. The van der Waals surface area contributed by atoms with Crippen molar-refractivity contribution in [3.8, 4) is 0 Å². The topological polar surface area (TPSA) is 210 Å². The second-order valence-electron chi connectivity index (χ2n) is 42.7. The molecular weight excluding hydrogens is 1720 g/mol. The van der Waals surface area contributed by atoms with Crippen LogP contribution in [0.4, 0.5) is 0 Å². The van der Waals surface area contributed by atoms with E-state index in [-0.39, 0.29) is 78.2 Å². The van der Waals surface area contributed by atoms with Crippen LogP contribution in [0.3, 0.4) is 0 Å². The van der Waals surface area contributed by atoms with Crippen molar-refractivity contribution < 1.29 is 76.3 Å². The van der Waals surface area contributed by atoms with Gasteiger partial charge in [-0.25, -0.2) is 9.59 Å². The van der Waals surface area contributed by atoms with E-state index < -0.39 is 71.8 Å². The Bertz CT molecular complexity index is 2260. The van der Waals surface area contributed by atoms with Crippen molar-refractivity contribution in [3.63, 3.8) is 0 Å². The molecule has 0 unspecified atom stereocenters. The maximum absolute atomic E-state index is 14.2. The van der Waals surface area contributed by atoms with E-state index in [4.69, 9.17) is 37.9 Å². The van der Waals surface area contributed by atoms with E-state index in [1.807, 2.05) is 0 Å². The summed E-state index contributed by atoms with van der Waals surface area (Å²) in [5.74, 6) is -4.75. The van der Waals surface area contributed by atoms with Gasteiger partial charge in [-0.2, -0.15) is 0 Å². The van der Waals surface area contributed by atoms with Crippen LogP contribution in [0.2, 0.25) is 0 Å². The summed E-state index contributed by atoms with van der Waals surface area (Å²) in [5, 5.41) is 0. The molecule has 0 fully saturated rings. The van der Waals surface area contributed by atoms with Crippen LogP contribution in [-0.4, -0.2) is 101 Å². The highest BCUT2D eigenvalue weighted by atomic mass is 16.6.